The maximum atomic E-state index is 14.2. The van der Waals surface area contributed by atoms with Crippen molar-refractivity contribution in [2.24, 2.45) is 51.2 Å². The van der Waals surface area contributed by atoms with Gasteiger partial charge < -0.3 is 104 Å². The smallest absolute Gasteiger partial charge is 0.187 e. The zero-order valence-corrected chi connectivity index (χ0v) is 44.7. The predicted octanol–water partition coefficient (Wildman–Crippen LogP) is -0.692. The standard InChI is InChI=1S/C54H90O21/c1-25(2)9-8-15-54(68,24-70-47-43(66)42(65)39(62)32(21-56)73-47)29-12-16-51(6)28(29)10-11-34-52(51,7)17-13-33-50(4,5)35(14-18-53(33,34)23-57)74-49-46(75-48-44(67)40(63)36(59)26(3)71-48)45(30(58)22-69-49)72-31-19-27(20-55)37(60)41(64)38(31)61/h9,23,26-49,55-56,58-68H,8,10-22,24H2,1-7H3. The minimum atomic E-state index is -1.77. The lowest BCUT2D eigenvalue weighted by Gasteiger charge is -2.69. The van der Waals surface area contributed by atoms with Crippen LogP contribution >= 0.6 is 0 Å². The zero-order valence-electron chi connectivity index (χ0n) is 44.7. The van der Waals surface area contributed by atoms with Crippen molar-refractivity contribution in [3.05, 3.63) is 11.6 Å². The fraction of sp³-hybridized carbons (Fsp3) is 0.944. The van der Waals surface area contributed by atoms with Crippen molar-refractivity contribution in [3.63, 3.8) is 0 Å². The lowest BCUT2D eigenvalue weighted by atomic mass is 9.35. The Labute approximate surface area is 440 Å². The third-order valence-electron chi connectivity index (χ3n) is 20.8. The second-order valence-corrected chi connectivity index (χ2v) is 25.3. The monoisotopic (exact) mass is 1070 g/mol. The molecule has 0 amide bonds. The van der Waals surface area contributed by atoms with Crippen LogP contribution in [0.5, 0.6) is 0 Å². The first kappa shape index (κ1) is 59.7. The number of carbonyl (C=O) groups is 1. The van der Waals surface area contributed by atoms with Gasteiger partial charge in [0, 0.05) is 17.9 Å². The first-order valence-electron chi connectivity index (χ1n) is 27.6. The molecule has 8 fully saturated rings. The van der Waals surface area contributed by atoms with Crippen LogP contribution in [0.2, 0.25) is 0 Å². The molecule has 8 rings (SSSR count). The van der Waals surface area contributed by atoms with Crippen molar-refractivity contribution in [2.45, 2.75) is 241 Å². The van der Waals surface area contributed by atoms with E-state index >= 15 is 0 Å². The van der Waals surface area contributed by atoms with Crippen LogP contribution in [0.3, 0.4) is 0 Å². The Kier molecular flexibility index (Phi) is 18.2. The predicted molar refractivity (Wildman–Crippen MR) is 262 cm³/mol. The van der Waals surface area contributed by atoms with Crippen LogP contribution in [0.25, 0.3) is 0 Å². The normalized spacial score (nSPS) is 51.7. The minimum Gasteiger partial charge on any atom is -0.396 e. The van der Waals surface area contributed by atoms with Gasteiger partial charge in [-0.25, -0.2) is 0 Å². The highest BCUT2D eigenvalue weighted by Crippen LogP contribution is 2.76. The number of ether oxygens (including phenoxy) is 7. The SMILES string of the molecule is CC(C)=CCCC(O)(COC1OC(CO)C(O)C(O)C1O)C1CCC2(C)C1CCC1C3(C=O)CCC(OC4OCC(O)C(OC5CC(CO)C(O)C(O)C5O)C4OC4OC(C)C(O)C(O)C4O)C(C)(C)C3CCC12C. The van der Waals surface area contributed by atoms with E-state index in [1.54, 1.807) is 0 Å². The van der Waals surface area contributed by atoms with Gasteiger partial charge in [-0.2, -0.15) is 0 Å². The molecule has 0 aromatic heterocycles. The molecule has 8 aliphatic rings. The van der Waals surface area contributed by atoms with Gasteiger partial charge in [-0.05, 0) is 131 Å². The molecule has 3 saturated heterocycles. The van der Waals surface area contributed by atoms with Crippen molar-refractivity contribution in [3.8, 4) is 0 Å². The van der Waals surface area contributed by atoms with Gasteiger partial charge in [0.25, 0.3) is 0 Å². The van der Waals surface area contributed by atoms with E-state index in [0.29, 0.717) is 38.5 Å². The van der Waals surface area contributed by atoms with Crippen LogP contribution in [0, 0.1) is 51.2 Å². The third-order valence-corrected chi connectivity index (χ3v) is 20.8. The molecule has 0 aromatic carbocycles. The summed E-state index contributed by atoms with van der Waals surface area (Å²) in [6.45, 7) is 12.6. The summed E-state index contributed by atoms with van der Waals surface area (Å²) in [7, 11) is 0. The zero-order chi connectivity index (χ0) is 54.9. The van der Waals surface area contributed by atoms with Crippen LogP contribution < -0.4 is 0 Å². The summed E-state index contributed by atoms with van der Waals surface area (Å²) < 4.78 is 43.6. The Morgan fingerprint density at radius 2 is 1.33 bits per heavy atom. The largest absolute Gasteiger partial charge is 0.396 e. The third kappa shape index (κ3) is 10.5. The van der Waals surface area contributed by atoms with Crippen molar-refractivity contribution >= 4 is 6.29 Å². The van der Waals surface area contributed by atoms with Crippen LogP contribution in [0.1, 0.15) is 119 Å². The number of hydrogen-bond acceptors (Lipinski definition) is 21. The lowest BCUT2D eigenvalue weighted by molar-refractivity contribution is -0.372. The molecule has 13 N–H and O–H groups in total. The molecule has 0 aromatic rings. The Morgan fingerprint density at radius 1 is 0.667 bits per heavy atom. The van der Waals surface area contributed by atoms with E-state index in [-0.39, 0.29) is 54.1 Å². The van der Waals surface area contributed by atoms with Crippen LogP contribution in [0.15, 0.2) is 11.6 Å². The molecule has 28 atom stereocenters. The molecule has 0 radical (unpaired) electrons. The Hall–Kier alpha value is -1.39. The number of carbonyl (C=O) groups excluding carboxylic acids is 1. The molecular weight excluding hydrogens is 985 g/mol. The van der Waals surface area contributed by atoms with Crippen molar-refractivity contribution in [1.29, 1.82) is 0 Å². The summed E-state index contributed by atoms with van der Waals surface area (Å²) in [5, 5.41) is 141. The number of fused-ring (bicyclic) bond motifs is 5. The van der Waals surface area contributed by atoms with Crippen molar-refractivity contribution in [2.75, 3.05) is 26.4 Å². The molecule has 0 bridgehead atoms. The average Bonchev–Trinajstić information content (AvgIpc) is 3.75. The van der Waals surface area contributed by atoms with Gasteiger partial charge in [-0.3, -0.25) is 0 Å². The quantitative estimate of drug-likeness (QED) is 0.0517. The molecule has 21 heteroatoms. The molecule has 432 valence electrons. The van der Waals surface area contributed by atoms with Crippen molar-refractivity contribution < 1.29 is 104 Å². The van der Waals surface area contributed by atoms with Gasteiger partial charge in [0.1, 0.15) is 79.5 Å². The highest BCUT2D eigenvalue weighted by Gasteiger charge is 2.71. The van der Waals surface area contributed by atoms with Gasteiger partial charge >= 0.3 is 0 Å². The first-order chi connectivity index (χ1) is 35.2. The topological polar surface area (TPSA) is 345 Å². The Morgan fingerprint density at radius 3 is 2.00 bits per heavy atom. The lowest BCUT2D eigenvalue weighted by Crippen LogP contribution is -2.67. The maximum absolute atomic E-state index is 14.2. The molecule has 21 nitrogen and oxygen atoms in total. The fourth-order valence-electron chi connectivity index (χ4n) is 16.2. The second kappa shape index (κ2) is 22.9. The highest BCUT2D eigenvalue weighted by molar-refractivity contribution is 5.62. The summed E-state index contributed by atoms with van der Waals surface area (Å²) in [6, 6.07) is 0. The second-order valence-electron chi connectivity index (χ2n) is 25.3. The van der Waals surface area contributed by atoms with Crippen LogP contribution in [0.4, 0.5) is 0 Å². The number of rotatable bonds is 16. The van der Waals surface area contributed by atoms with E-state index < -0.39 is 152 Å². The van der Waals surface area contributed by atoms with Gasteiger partial charge in [-0.15, -0.1) is 0 Å². The number of hydrogen-bond donors (Lipinski definition) is 13. The van der Waals surface area contributed by atoms with E-state index in [1.165, 1.54) is 13.2 Å². The molecular formula is C54H90O21. The molecule has 0 spiro atoms. The maximum Gasteiger partial charge on any atom is 0.187 e. The fourth-order valence-corrected chi connectivity index (χ4v) is 16.2. The Balaban J connectivity index is 1.03. The van der Waals surface area contributed by atoms with E-state index in [0.717, 1.165) is 31.3 Å². The molecule has 28 unspecified atom stereocenters. The molecule has 3 aliphatic heterocycles. The number of aliphatic hydroxyl groups is 13. The molecule has 75 heavy (non-hydrogen) atoms. The number of aldehydes is 1. The summed E-state index contributed by atoms with van der Waals surface area (Å²) >= 11 is 0. The number of aliphatic hydroxyl groups excluding tert-OH is 12. The molecule has 3 heterocycles. The van der Waals surface area contributed by atoms with E-state index in [1.807, 2.05) is 13.8 Å². The summed E-state index contributed by atoms with van der Waals surface area (Å²) in [5.74, 6) is -1.29. The van der Waals surface area contributed by atoms with E-state index in [4.69, 9.17) is 33.2 Å². The summed E-state index contributed by atoms with van der Waals surface area (Å²) in [4.78, 5) is 14.2. The summed E-state index contributed by atoms with van der Waals surface area (Å²) in [5.41, 5.74) is -2.40. The Bertz CT molecular complexity index is 1950. The van der Waals surface area contributed by atoms with Gasteiger partial charge in [0.15, 0.2) is 18.9 Å². The average molecular weight is 1080 g/mol. The van der Waals surface area contributed by atoms with E-state index in [9.17, 15) is 71.2 Å². The molecule has 5 aliphatic carbocycles. The highest BCUT2D eigenvalue weighted by atomic mass is 16.8. The molecule has 5 saturated carbocycles. The van der Waals surface area contributed by atoms with Crippen LogP contribution in [-0.4, -0.2) is 221 Å². The number of allylic oxidation sites excluding steroid dienone is 2. The first-order valence-corrected chi connectivity index (χ1v) is 27.6. The summed E-state index contributed by atoms with van der Waals surface area (Å²) in [6.07, 6.45) is -17.7. The van der Waals surface area contributed by atoms with Crippen LogP contribution in [-0.2, 0) is 38.0 Å². The van der Waals surface area contributed by atoms with Gasteiger partial charge in [0.05, 0.1) is 49.8 Å². The minimum absolute atomic E-state index is 0.0318. The van der Waals surface area contributed by atoms with Gasteiger partial charge in [0.2, 0.25) is 0 Å². The van der Waals surface area contributed by atoms with E-state index in [2.05, 4.69) is 33.8 Å². The van der Waals surface area contributed by atoms with Crippen molar-refractivity contribution in [1.82, 2.24) is 0 Å². The van der Waals surface area contributed by atoms with Gasteiger partial charge in [-0.1, -0.05) is 39.3 Å².